The molecule has 0 unspecified atom stereocenters. The maximum atomic E-state index is 13.5. The molecule has 4 heteroatoms. The van der Waals surface area contributed by atoms with Crippen LogP contribution < -0.4 is 0 Å². The molecule has 98 valence electrons. The maximum absolute atomic E-state index is 13.5. The van der Waals surface area contributed by atoms with E-state index in [0.29, 0.717) is 6.61 Å². The summed E-state index contributed by atoms with van der Waals surface area (Å²) in [4.78, 5) is 10.8. The number of hydrogen-bond donors (Lipinski definition) is 1. The zero-order chi connectivity index (χ0) is 13.7. The molecule has 0 aliphatic heterocycles. The van der Waals surface area contributed by atoms with Gasteiger partial charge in [-0.2, -0.15) is 0 Å². The second-order valence-corrected chi connectivity index (χ2v) is 4.09. The van der Waals surface area contributed by atoms with Crippen LogP contribution in [0.25, 0.3) is 0 Å². The summed E-state index contributed by atoms with van der Waals surface area (Å²) in [5, 5.41) is 8.84. The van der Waals surface area contributed by atoms with Crippen LogP contribution in [0.4, 0.5) is 4.39 Å². The van der Waals surface area contributed by atoms with Crippen LogP contribution >= 0.6 is 0 Å². The molecule has 0 aliphatic carbocycles. The monoisotopic (exact) mass is 260 g/mol. The Labute approximate surface area is 110 Å². The predicted molar refractivity (Wildman–Crippen MR) is 68.3 cm³/mol. The summed E-state index contributed by atoms with van der Waals surface area (Å²) in [7, 11) is 0. The van der Waals surface area contributed by atoms with E-state index in [-0.39, 0.29) is 17.7 Å². The third kappa shape index (κ3) is 3.63. The number of rotatable bonds is 5. The Hall–Kier alpha value is -2.20. The third-order valence-corrected chi connectivity index (χ3v) is 2.66. The molecule has 1 N–H and O–H groups in total. The average molecular weight is 260 g/mol. The molecule has 0 radical (unpaired) electrons. The first kappa shape index (κ1) is 13.2. The van der Waals surface area contributed by atoms with Crippen LogP contribution in [0.1, 0.15) is 21.5 Å². The summed E-state index contributed by atoms with van der Waals surface area (Å²) < 4.78 is 18.9. The smallest absolute Gasteiger partial charge is 0.335 e. The van der Waals surface area contributed by atoms with Gasteiger partial charge >= 0.3 is 5.97 Å². The van der Waals surface area contributed by atoms with Crippen molar-refractivity contribution in [2.24, 2.45) is 0 Å². The van der Waals surface area contributed by atoms with Gasteiger partial charge in [-0.15, -0.1) is 0 Å². The summed E-state index contributed by atoms with van der Waals surface area (Å²) in [5.74, 6) is -1.54. The topological polar surface area (TPSA) is 46.5 Å². The lowest BCUT2D eigenvalue weighted by Gasteiger charge is -2.06. The van der Waals surface area contributed by atoms with Gasteiger partial charge in [0.25, 0.3) is 0 Å². The largest absolute Gasteiger partial charge is 0.478 e. The van der Waals surface area contributed by atoms with Gasteiger partial charge < -0.3 is 9.84 Å². The number of carbonyl (C=O) groups is 1. The van der Waals surface area contributed by atoms with Crippen molar-refractivity contribution in [2.45, 2.75) is 13.2 Å². The van der Waals surface area contributed by atoms with Crippen molar-refractivity contribution in [1.29, 1.82) is 0 Å². The van der Waals surface area contributed by atoms with Crippen LogP contribution in [-0.2, 0) is 18.0 Å². The highest BCUT2D eigenvalue weighted by atomic mass is 19.1. The second kappa shape index (κ2) is 6.11. The van der Waals surface area contributed by atoms with Gasteiger partial charge in [0.05, 0.1) is 18.8 Å². The van der Waals surface area contributed by atoms with Crippen molar-refractivity contribution in [3.05, 3.63) is 71.0 Å². The molecule has 0 atom stereocenters. The lowest BCUT2D eigenvalue weighted by molar-refractivity contribution is 0.0696. The molecule has 0 spiro atoms. The minimum atomic E-state index is -1.08. The Morgan fingerprint density at radius 3 is 2.53 bits per heavy atom. The Bertz CT molecular complexity index is 567. The van der Waals surface area contributed by atoms with Crippen molar-refractivity contribution >= 4 is 5.97 Å². The fourth-order valence-electron chi connectivity index (χ4n) is 1.67. The minimum absolute atomic E-state index is 0.0435. The normalized spacial score (nSPS) is 10.4. The van der Waals surface area contributed by atoms with E-state index in [2.05, 4.69) is 0 Å². The number of carboxylic acid groups (broad SMARTS) is 1. The van der Waals surface area contributed by atoms with E-state index >= 15 is 0 Å². The number of hydrogen-bond acceptors (Lipinski definition) is 2. The zero-order valence-electron chi connectivity index (χ0n) is 10.2. The van der Waals surface area contributed by atoms with Gasteiger partial charge in [-0.05, 0) is 23.8 Å². The van der Waals surface area contributed by atoms with E-state index in [1.807, 2.05) is 30.3 Å². The molecule has 2 aromatic carbocycles. The first-order valence-corrected chi connectivity index (χ1v) is 5.80. The van der Waals surface area contributed by atoms with Crippen LogP contribution in [0, 0.1) is 5.82 Å². The summed E-state index contributed by atoms with van der Waals surface area (Å²) >= 11 is 0. The summed E-state index contributed by atoms with van der Waals surface area (Å²) in [5.41, 5.74) is 1.29. The SMILES string of the molecule is O=C(O)c1ccc(F)c(COCc2ccccc2)c1. The molecule has 19 heavy (non-hydrogen) atoms. The fourth-order valence-corrected chi connectivity index (χ4v) is 1.67. The lowest BCUT2D eigenvalue weighted by Crippen LogP contribution is -2.02. The van der Waals surface area contributed by atoms with Gasteiger partial charge in [-0.25, -0.2) is 9.18 Å². The second-order valence-electron chi connectivity index (χ2n) is 4.09. The van der Waals surface area contributed by atoms with Crippen LogP contribution in [0.5, 0.6) is 0 Å². The molecule has 0 bridgehead atoms. The molecular formula is C15H13FO3. The Kier molecular flexibility index (Phi) is 4.26. The molecule has 2 aromatic rings. The van der Waals surface area contributed by atoms with Crippen molar-refractivity contribution in [3.8, 4) is 0 Å². The number of halogens is 1. The standard InChI is InChI=1S/C15H13FO3/c16-14-7-6-12(15(17)18)8-13(14)10-19-9-11-4-2-1-3-5-11/h1-8H,9-10H2,(H,17,18). The van der Waals surface area contributed by atoms with Gasteiger partial charge in [0, 0.05) is 5.56 Å². The molecule has 0 saturated heterocycles. The summed E-state index contributed by atoms with van der Waals surface area (Å²) in [6.07, 6.45) is 0. The molecular weight excluding hydrogens is 247 g/mol. The molecule has 3 nitrogen and oxygen atoms in total. The van der Waals surface area contributed by atoms with E-state index in [4.69, 9.17) is 9.84 Å². The Balaban J connectivity index is 1.99. The van der Waals surface area contributed by atoms with E-state index in [9.17, 15) is 9.18 Å². The van der Waals surface area contributed by atoms with Crippen molar-refractivity contribution < 1.29 is 19.0 Å². The van der Waals surface area contributed by atoms with Crippen LogP contribution in [0.15, 0.2) is 48.5 Å². The molecule has 0 heterocycles. The van der Waals surface area contributed by atoms with E-state index in [1.165, 1.54) is 12.1 Å². The molecule has 2 rings (SSSR count). The summed E-state index contributed by atoms with van der Waals surface area (Å²) in [6, 6.07) is 13.2. The molecule has 0 amide bonds. The van der Waals surface area contributed by atoms with Crippen molar-refractivity contribution in [3.63, 3.8) is 0 Å². The zero-order valence-corrected chi connectivity index (χ0v) is 10.2. The quantitative estimate of drug-likeness (QED) is 0.897. The number of benzene rings is 2. The predicted octanol–water partition coefficient (Wildman–Crippen LogP) is 3.24. The van der Waals surface area contributed by atoms with Gasteiger partial charge in [-0.3, -0.25) is 0 Å². The van der Waals surface area contributed by atoms with Crippen LogP contribution in [-0.4, -0.2) is 11.1 Å². The highest BCUT2D eigenvalue weighted by molar-refractivity contribution is 5.87. The van der Waals surface area contributed by atoms with E-state index in [0.717, 1.165) is 11.6 Å². The number of aromatic carboxylic acids is 1. The van der Waals surface area contributed by atoms with E-state index in [1.54, 1.807) is 0 Å². The lowest BCUT2D eigenvalue weighted by atomic mass is 10.1. The first-order valence-electron chi connectivity index (χ1n) is 5.80. The average Bonchev–Trinajstić information content (AvgIpc) is 2.42. The summed E-state index contributed by atoms with van der Waals surface area (Å²) in [6.45, 7) is 0.402. The highest BCUT2D eigenvalue weighted by Gasteiger charge is 2.08. The third-order valence-electron chi connectivity index (χ3n) is 2.66. The highest BCUT2D eigenvalue weighted by Crippen LogP contribution is 2.13. The van der Waals surface area contributed by atoms with Gasteiger partial charge in [0.1, 0.15) is 5.82 Å². The van der Waals surface area contributed by atoms with Crippen molar-refractivity contribution in [1.82, 2.24) is 0 Å². The fraction of sp³-hybridized carbons (Fsp3) is 0.133. The molecule has 0 aromatic heterocycles. The maximum Gasteiger partial charge on any atom is 0.335 e. The molecule has 0 aliphatic rings. The molecule has 0 fully saturated rings. The molecule has 0 saturated carbocycles. The van der Waals surface area contributed by atoms with Gasteiger partial charge in [-0.1, -0.05) is 30.3 Å². The van der Waals surface area contributed by atoms with E-state index < -0.39 is 11.8 Å². The number of ether oxygens (including phenoxy) is 1. The minimum Gasteiger partial charge on any atom is -0.478 e. The van der Waals surface area contributed by atoms with Crippen molar-refractivity contribution in [2.75, 3.05) is 0 Å². The Morgan fingerprint density at radius 2 is 1.84 bits per heavy atom. The Morgan fingerprint density at radius 1 is 1.11 bits per heavy atom. The number of carboxylic acids is 1. The van der Waals surface area contributed by atoms with Crippen LogP contribution in [0.2, 0.25) is 0 Å². The first-order chi connectivity index (χ1) is 9.16. The van der Waals surface area contributed by atoms with Gasteiger partial charge in [0.15, 0.2) is 0 Å². The van der Waals surface area contributed by atoms with Crippen LogP contribution in [0.3, 0.4) is 0 Å². The van der Waals surface area contributed by atoms with Gasteiger partial charge in [0.2, 0.25) is 0 Å².